The van der Waals surface area contributed by atoms with Gasteiger partial charge < -0.3 is 4.74 Å². The summed E-state index contributed by atoms with van der Waals surface area (Å²) < 4.78 is 28.0. The highest BCUT2D eigenvalue weighted by molar-refractivity contribution is 14.1. The second-order valence-electron chi connectivity index (χ2n) is 3.36. The average molecular weight is 318 g/mol. The molecule has 1 heterocycles. The maximum absolute atomic E-state index is 11.2. The van der Waals surface area contributed by atoms with Crippen LogP contribution >= 0.6 is 22.6 Å². The molecule has 1 aliphatic heterocycles. The Morgan fingerprint density at radius 3 is 2.62 bits per heavy atom. The standard InChI is InChI=1S/C8H15IO3S/c1-2-3-4-12-8-6-13(10,11)5-7(8)9/h7-8H,2-6H2,1H3. The van der Waals surface area contributed by atoms with Crippen molar-refractivity contribution in [3.63, 3.8) is 0 Å². The molecule has 2 atom stereocenters. The van der Waals surface area contributed by atoms with Gasteiger partial charge in [-0.15, -0.1) is 0 Å². The van der Waals surface area contributed by atoms with E-state index in [1.807, 2.05) is 0 Å². The molecule has 0 spiro atoms. The van der Waals surface area contributed by atoms with Crippen molar-refractivity contribution in [2.75, 3.05) is 18.1 Å². The van der Waals surface area contributed by atoms with Crippen molar-refractivity contribution in [1.29, 1.82) is 0 Å². The Morgan fingerprint density at radius 1 is 1.46 bits per heavy atom. The first-order chi connectivity index (χ1) is 6.05. The van der Waals surface area contributed by atoms with Crippen molar-refractivity contribution in [2.24, 2.45) is 0 Å². The maximum Gasteiger partial charge on any atom is 0.154 e. The van der Waals surface area contributed by atoms with Crippen LogP contribution < -0.4 is 0 Å². The van der Waals surface area contributed by atoms with Crippen molar-refractivity contribution in [1.82, 2.24) is 0 Å². The number of hydrogen-bond donors (Lipinski definition) is 0. The monoisotopic (exact) mass is 318 g/mol. The van der Waals surface area contributed by atoms with E-state index < -0.39 is 9.84 Å². The van der Waals surface area contributed by atoms with E-state index in [1.54, 1.807) is 0 Å². The predicted octanol–water partition coefficient (Wildman–Crippen LogP) is 1.40. The van der Waals surface area contributed by atoms with Gasteiger partial charge in [-0.3, -0.25) is 0 Å². The van der Waals surface area contributed by atoms with Gasteiger partial charge in [0.15, 0.2) is 9.84 Å². The van der Waals surface area contributed by atoms with Gasteiger partial charge in [0.05, 0.1) is 21.5 Å². The summed E-state index contributed by atoms with van der Waals surface area (Å²) in [5.41, 5.74) is 0. The highest BCUT2D eigenvalue weighted by atomic mass is 127. The summed E-state index contributed by atoms with van der Waals surface area (Å²) >= 11 is 2.17. The number of rotatable bonds is 4. The first-order valence-corrected chi connectivity index (χ1v) is 7.58. The fourth-order valence-corrected chi connectivity index (χ4v) is 5.42. The first-order valence-electron chi connectivity index (χ1n) is 4.51. The van der Waals surface area contributed by atoms with Crippen molar-refractivity contribution in [3.05, 3.63) is 0 Å². The molecule has 0 aromatic carbocycles. The lowest BCUT2D eigenvalue weighted by Gasteiger charge is -2.12. The molecule has 2 unspecified atom stereocenters. The number of ether oxygens (including phenoxy) is 1. The van der Waals surface area contributed by atoms with Crippen LogP contribution in [0.5, 0.6) is 0 Å². The van der Waals surface area contributed by atoms with Crippen LogP contribution in [0.2, 0.25) is 0 Å². The smallest absolute Gasteiger partial charge is 0.154 e. The Bertz CT molecular complexity index is 250. The number of alkyl halides is 1. The molecular weight excluding hydrogens is 303 g/mol. The van der Waals surface area contributed by atoms with Crippen LogP contribution in [-0.2, 0) is 14.6 Å². The van der Waals surface area contributed by atoms with E-state index in [1.165, 1.54) is 0 Å². The molecule has 0 N–H and O–H groups in total. The summed E-state index contributed by atoms with van der Waals surface area (Å²) in [6.07, 6.45) is 2.03. The van der Waals surface area contributed by atoms with Crippen molar-refractivity contribution >= 4 is 32.4 Å². The van der Waals surface area contributed by atoms with E-state index >= 15 is 0 Å². The summed E-state index contributed by atoms with van der Waals surface area (Å²) in [7, 11) is -2.81. The van der Waals surface area contributed by atoms with E-state index in [0.717, 1.165) is 12.8 Å². The van der Waals surface area contributed by atoms with Crippen molar-refractivity contribution < 1.29 is 13.2 Å². The second kappa shape index (κ2) is 4.93. The molecule has 0 saturated carbocycles. The third kappa shape index (κ3) is 3.71. The summed E-state index contributed by atoms with van der Waals surface area (Å²) in [5, 5.41) is 0. The lowest BCUT2D eigenvalue weighted by molar-refractivity contribution is 0.0748. The average Bonchev–Trinajstić information content (AvgIpc) is 2.25. The van der Waals surface area contributed by atoms with Crippen molar-refractivity contribution in [2.45, 2.75) is 29.8 Å². The molecule has 1 rings (SSSR count). The zero-order valence-electron chi connectivity index (χ0n) is 7.70. The largest absolute Gasteiger partial charge is 0.376 e. The van der Waals surface area contributed by atoms with Gasteiger partial charge in [0.25, 0.3) is 0 Å². The van der Waals surface area contributed by atoms with E-state index in [2.05, 4.69) is 29.5 Å². The minimum atomic E-state index is -2.81. The zero-order valence-corrected chi connectivity index (χ0v) is 10.7. The highest BCUT2D eigenvalue weighted by Crippen LogP contribution is 2.22. The lowest BCUT2D eigenvalue weighted by atomic mass is 10.3. The van der Waals surface area contributed by atoms with Crippen LogP contribution in [0.25, 0.3) is 0 Å². The van der Waals surface area contributed by atoms with Crippen LogP contribution in [0, 0.1) is 0 Å². The lowest BCUT2D eigenvalue weighted by Crippen LogP contribution is -2.22. The van der Waals surface area contributed by atoms with E-state index in [0.29, 0.717) is 6.61 Å². The third-order valence-corrected chi connectivity index (χ3v) is 5.61. The minimum absolute atomic E-state index is 0.0721. The Hall–Kier alpha value is 0.640. The second-order valence-corrected chi connectivity index (χ2v) is 7.11. The Kier molecular flexibility index (Phi) is 4.44. The van der Waals surface area contributed by atoms with Crippen molar-refractivity contribution in [3.8, 4) is 0 Å². The quantitative estimate of drug-likeness (QED) is 0.447. The Morgan fingerprint density at radius 2 is 2.15 bits per heavy atom. The number of unbranched alkanes of at least 4 members (excludes halogenated alkanes) is 1. The molecule has 78 valence electrons. The SMILES string of the molecule is CCCCOC1CS(=O)(=O)CC1I. The molecular formula is C8H15IO3S. The van der Waals surface area contributed by atoms with Crippen LogP contribution in [-0.4, -0.2) is 36.6 Å². The van der Waals surface area contributed by atoms with Gasteiger partial charge in [0, 0.05) is 6.61 Å². The molecule has 0 aromatic heterocycles. The van der Waals surface area contributed by atoms with Crippen LogP contribution in [0.1, 0.15) is 19.8 Å². The molecule has 1 fully saturated rings. The van der Waals surface area contributed by atoms with E-state index in [4.69, 9.17) is 4.74 Å². The van der Waals surface area contributed by atoms with Gasteiger partial charge >= 0.3 is 0 Å². The fourth-order valence-electron chi connectivity index (χ4n) is 1.30. The number of halogens is 1. The molecule has 3 nitrogen and oxygen atoms in total. The van der Waals surface area contributed by atoms with Crippen LogP contribution in [0.15, 0.2) is 0 Å². The number of sulfone groups is 1. The molecule has 13 heavy (non-hydrogen) atoms. The summed E-state index contributed by atoms with van der Waals surface area (Å²) in [4.78, 5) is 0. The van der Waals surface area contributed by atoms with Gasteiger partial charge in [-0.25, -0.2) is 8.42 Å². The molecule has 5 heteroatoms. The summed E-state index contributed by atoms with van der Waals surface area (Å²) in [5.74, 6) is 0.495. The molecule has 1 aliphatic rings. The molecule has 0 amide bonds. The minimum Gasteiger partial charge on any atom is -0.376 e. The summed E-state index contributed by atoms with van der Waals surface area (Å²) in [6.45, 7) is 2.78. The normalized spacial score (nSPS) is 32.2. The van der Waals surface area contributed by atoms with E-state index in [-0.39, 0.29) is 21.5 Å². The zero-order chi connectivity index (χ0) is 9.90. The fraction of sp³-hybridized carbons (Fsp3) is 1.00. The van der Waals surface area contributed by atoms with Gasteiger partial charge in [-0.05, 0) is 6.42 Å². The molecule has 0 bridgehead atoms. The first kappa shape index (κ1) is 11.7. The Labute approximate surface area is 93.3 Å². The van der Waals surface area contributed by atoms with Crippen LogP contribution in [0.4, 0.5) is 0 Å². The molecule has 0 aromatic rings. The summed E-state index contributed by atoms with van der Waals surface area (Å²) in [6, 6.07) is 0. The molecule has 0 aliphatic carbocycles. The van der Waals surface area contributed by atoms with Crippen LogP contribution in [0.3, 0.4) is 0 Å². The van der Waals surface area contributed by atoms with Gasteiger partial charge in [-0.1, -0.05) is 35.9 Å². The maximum atomic E-state index is 11.2. The molecule has 0 radical (unpaired) electrons. The van der Waals surface area contributed by atoms with E-state index in [9.17, 15) is 8.42 Å². The number of hydrogen-bond acceptors (Lipinski definition) is 3. The molecule has 1 saturated heterocycles. The predicted molar refractivity (Wildman–Crippen MR) is 61.1 cm³/mol. The van der Waals surface area contributed by atoms with Gasteiger partial charge in [0.2, 0.25) is 0 Å². The van der Waals surface area contributed by atoms with Gasteiger partial charge in [-0.2, -0.15) is 0 Å². The Balaban J connectivity index is 2.36. The topological polar surface area (TPSA) is 43.4 Å². The third-order valence-electron chi connectivity index (χ3n) is 2.06. The highest BCUT2D eigenvalue weighted by Gasteiger charge is 2.36. The van der Waals surface area contributed by atoms with Gasteiger partial charge in [0.1, 0.15) is 0 Å².